The summed E-state index contributed by atoms with van der Waals surface area (Å²) in [7, 11) is 0. The molecule has 0 aliphatic carbocycles. The van der Waals surface area contributed by atoms with Crippen molar-refractivity contribution in [2.75, 3.05) is 0 Å². The van der Waals surface area contributed by atoms with Gasteiger partial charge in [0.05, 0.1) is 11.6 Å². The van der Waals surface area contributed by atoms with Gasteiger partial charge >= 0.3 is 0 Å². The van der Waals surface area contributed by atoms with Gasteiger partial charge in [-0.25, -0.2) is 0 Å². The second kappa shape index (κ2) is 6.92. The second-order valence-electron chi connectivity index (χ2n) is 7.22. The molecule has 3 aromatic rings. The highest BCUT2D eigenvalue weighted by Gasteiger charge is 2.39. The van der Waals surface area contributed by atoms with E-state index in [1.165, 1.54) is 16.7 Å². The van der Waals surface area contributed by atoms with E-state index in [0.717, 1.165) is 22.4 Å². The average molecular weight is 357 g/mol. The summed E-state index contributed by atoms with van der Waals surface area (Å²) in [5.74, 6) is 0.150. The maximum absolute atomic E-state index is 10.4. The maximum atomic E-state index is 10.4. The Morgan fingerprint density at radius 1 is 0.852 bits per heavy atom. The lowest BCUT2D eigenvalue weighted by Gasteiger charge is -2.22. The molecule has 136 valence electrons. The Balaban J connectivity index is 1.87. The molecule has 0 fully saturated rings. The largest absolute Gasteiger partial charge is 0.508 e. The van der Waals surface area contributed by atoms with Crippen LogP contribution in [0.4, 0.5) is 0 Å². The minimum atomic E-state index is -0.358. The van der Waals surface area contributed by atoms with Crippen molar-refractivity contribution in [2.24, 2.45) is 5.16 Å². The molecule has 0 amide bonds. The number of aryl methyl sites for hydroxylation is 3. The molecule has 0 saturated carbocycles. The number of phenolic OH excluding ortho intramolecular Hbond substituents is 1. The van der Waals surface area contributed by atoms with Crippen molar-refractivity contribution in [3.05, 3.63) is 100 Å². The Morgan fingerprint density at radius 2 is 1.48 bits per heavy atom. The van der Waals surface area contributed by atoms with E-state index in [2.05, 4.69) is 50.2 Å². The first-order valence-corrected chi connectivity index (χ1v) is 9.21. The summed E-state index contributed by atoms with van der Waals surface area (Å²) in [6.45, 7) is 6.34. The lowest BCUT2D eigenvalue weighted by molar-refractivity contribution is 0.0744. The molecule has 4 rings (SSSR count). The van der Waals surface area contributed by atoms with Crippen LogP contribution < -0.4 is 0 Å². The second-order valence-corrected chi connectivity index (χ2v) is 7.22. The van der Waals surface area contributed by atoms with E-state index in [1.54, 1.807) is 6.07 Å². The van der Waals surface area contributed by atoms with Crippen LogP contribution in [0.25, 0.3) is 0 Å². The van der Waals surface area contributed by atoms with E-state index in [4.69, 9.17) is 4.84 Å². The lowest BCUT2D eigenvalue weighted by atomic mass is 9.80. The van der Waals surface area contributed by atoms with Crippen LogP contribution in [0.15, 0.2) is 71.9 Å². The molecule has 0 bridgehead atoms. The van der Waals surface area contributed by atoms with E-state index in [-0.39, 0.29) is 17.8 Å². The topological polar surface area (TPSA) is 41.8 Å². The molecule has 0 radical (unpaired) electrons. The maximum Gasteiger partial charge on any atom is 0.168 e. The number of rotatable bonds is 3. The Hall–Kier alpha value is -3.07. The molecule has 27 heavy (non-hydrogen) atoms. The fourth-order valence-corrected chi connectivity index (χ4v) is 4.12. The van der Waals surface area contributed by atoms with Gasteiger partial charge in [0.25, 0.3) is 0 Å². The summed E-state index contributed by atoms with van der Waals surface area (Å²) in [6.07, 6.45) is -0.358. The van der Waals surface area contributed by atoms with E-state index in [1.807, 2.05) is 36.4 Å². The molecule has 1 aliphatic rings. The van der Waals surface area contributed by atoms with Crippen LogP contribution in [0, 0.1) is 20.8 Å². The fraction of sp³-hybridized carbons (Fsp3) is 0.208. The molecular weight excluding hydrogens is 334 g/mol. The summed E-state index contributed by atoms with van der Waals surface area (Å²) in [4.78, 5) is 5.92. The summed E-state index contributed by atoms with van der Waals surface area (Å²) >= 11 is 0. The van der Waals surface area contributed by atoms with Gasteiger partial charge in [-0.3, -0.25) is 0 Å². The van der Waals surface area contributed by atoms with Gasteiger partial charge in [0.15, 0.2) is 6.10 Å². The monoisotopic (exact) mass is 357 g/mol. The summed E-state index contributed by atoms with van der Waals surface area (Å²) in [5, 5.41) is 14.9. The molecule has 0 aromatic heterocycles. The van der Waals surface area contributed by atoms with Crippen molar-refractivity contribution in [1.82, 2.24) is 0 Å². The van der Waals surface area contributed by atoms with Gasteiger partial charge in [0, 0.05) is 11.1 Å². The minimum Gasteiger partial charge on any atom is -0.508 e. The molecule has 1 heterocycles. The minimum absolute atomic E-state index is 0.0837. The number of aromatic hydroxyl groups is 1. The van der Waals surface area contributed by atoms with Crippen LogP contribution in [0.1, 0.15) is 45.4 Å². The molecule has 0 unspecified atom stereocenters. The Kier molecular flexibility index (Phi) is 4.44. The van der Waals surface area contributed by atoms with Crippen LogP contribution in [-0.2, 0) is 4.84 Å². The van der Waals surface area contributed by atoms with Gasteiger partial charge in [0.1, 0.15) is 5.75 Å². The SMILES string of the molecule is Cc1cc(C)c(C2=NO[C@H](c3ccccc3O)[C@H]2c2ccccc2)c(C)c1. The quantitative estimate of drug-likeness (QED) is 0.665. The van der Waals surface area contributed by atoms with Crippen molar-refractivity contribution in [3.8, 4) is 5.75 Å². The number of benzene rings is 3. The van der Waals surface area contributed by atoms with E-state index >= 15 is 0 Å². The molecule has 0 saturated heterocycles. The van der Waals surface area contributed by atoms with Gasteiger partial charge in [-0.15, -0.1) is 0 Å². The molecule has 3 heteroatoms. The third-order valence-corrected chi connectivity index (χ3v) is 5.20. The summed E-state index contributed by atoms with van der Waals surface area (Å²) < 4.78 is 0. The lowest BCUT2D eigenvalue weighted by Crippen LogP contribution is -2.18. The molecule has 0 spiro atoms. The predicted molar refractivity (Wildman–Crippen MR) is 108 cm³/mol. The van der Waals surface area contributed by atoms with Crippen molar-refractivity contribution >= 4 is 5.71 Å². The number of hydrogen-bond acceptors (Lipinski definition) is 3. The van der Waals surface area contributed by atoms with Crippen molar-refractivity contribution in [3.63, 3.8) is 0 Å². The highest BCUT2D eigenvalue weighted by Crippen LogP contribution is 2.45. The number of para-hydroxylation sites is 1. The zero-order valence-electron chi connectivity index (χ0n) is 15.8. The van der Waals surface area contributed by atoms with Gasteiger partial charge in [-0.2, -0.15) is 0 Å². The van der Waals surface area contributed by atoms with Gasteiger partial charge in [0.2, 0.25) is 0 Å². The predicted octanol–water partition coefficient (Wildman–Crippen LogP) is 5.58. The van der Waals surface area contributed by atoms with Crippen LogP contribution in [-0.4, -0.2) is 10.8 Å². The van der Waals surface area contributed by atoms with Gasteiger partial charge < -0.3 is 9.94 Å². The number of phenols is 1. The average Bonchev–Trinajstić information content (AvgIpc) is 3.06. The zero-order valence-corrected chi connectivity index (χ0v) is 15.8. The number of hydrogen-bond donors (Lipinski definition) is 1. The number of nitrogens with zero attached hydrogens (tertiary/aromatic N) is 1. The van der Waals surface area contributed by atoms with Crippen molar-refractivity contribution in [1.29, 1.82) is 0 Å². The van der Waals surface area contributed by atoms with Crippen LogP contribution >= 0.6 is 0 Å². The van der Waals surface area contributed by atoms with Crippen LogP contribution in [0.5, 0.6) is 5.75 Å². The molecule has 1 N–H and O–H groups in total. The highest BCUT2D eigenvalue weighted by atomic mass is 16.6. The van der Waals surface area contributed by atoms with E-state index in [0.29, 0.717) is 0 Å². The summed E-state index contributed by atoms with van der Waals surface area (Å²) in [6, 6.07) is 22.0. The van der Waals surface area contributed by atoms with E-state index < -0.39 is 0 Å². The van der Waals surface area contributed by atoms with Crippen molar-refractivity contribution < 1.29 is 9.94 Å². The molecule has 3 nitrogen and oxygen atoms in total. The first-order valence-electron chi connectivity index (χ1n) is 9.21. The molecule has 3 aromatic carbocycles. The molecular formula is C24H23NO2. The Bertz CT molecular complexity index is 985. The standard InChI is InChI=1S/C24H23NO2/c1-15-13-16(2)21(17(3)14-15)23-22(18-9-5-4-6-10-18)24(27-25-23)19-11-7-8-12-20(19)26/h4-14,22,24,26H,1-3H3/t22-,24+/m0/s1. The van der Waals surface area contributed by atoms with Crippen LogP contribution in [0.3, 0.4) is 0 Å². The van der Waals surface area contributed by atoms with Crippen LogP contribution in [0.2, 0.25) is 0 Å². The normalized spacial score (nSPS) is 18.9. The van der Waals surface area contributed by atoms with Gasteiger partial charge in [-0.05, 0) is 43.5 Å². The fourth-order valence-electron chi connectivity index (χ4n) is 4.12. The Morgan fingerprint density at radius 3 is 2.15 bits per heavy atom. The first kappa shape index (κ1) is 17.3. The number of oxime groups is 1. The third-order valence-electron chi connectivity index (χ3n) is 5.20. The van der Waals surface area contributed by atoms with E-state index in [9.17, 15) is 5.11 Å². The molecule has 2 atom stereocenters. The van der Waals surface area contributed by atoms with Crippen molar-refractivity contribution in [2.45, 2.75) is 32.8 Å². The van der Waals surface area contributed by atoms with Gasteiger partial charge in [-0.1, -0.05) is 71.4 Å². The zero-order chi connectivity index (χ0) is 19.0. The Labute approximate surface area is 159 Å². The summed E-state index contributed by atoms with van der Waals surface area (Å²) in [5.41, 5.74) is 7.55. The molecule has 1 aliphatic heterocycles. The third kappa shape index (κ3) is 3.10. The first-order chi connectivity index (χ1) is 13.1. The highest BCUT2D eigenvalue weighted by molar-refractivity contribution is 6.08. The smallest absolute Gasteiger partial charge is 0.168 e.